The molecule has 3 N–H and O–H groups in total. The van der Waals surface area contributed by atoms with E-state index in [1.54, 1.807) is 24.3 Å². The molecular weight excluding hydrogens is 323 g/mol. The van der Waals surface area contributed by atoms with Crippen molar-refractivity contribution in [3.63, 3.8) is 0 Å². The first-order chi connectivity index (χ1) is 9.37. The summed E-state index contributed by atoms with van der Waals surface area (Å²) in [5.41, 5.74) is 6.64. The van der Waals surface area contributed by atoms with Crippen LogP contribution in [0.3, 0.4) is 0 Å². The number of nitrogens with zero attached hydrogens (tertiary/aromatic N) is 2. The van der Waals surface area contributed by atoms with Gasteiger partial charge in [-0.2, -0.15) is 0 Å². The molecule has 0 amide bonds. The van der Waals surface area contributed by atoms with Crippen LogP contribution in [0.1, 0.15) is 5.56 Å². The van der Waals surface area contributed by atoms with Crippen LogP contribution in [0.15, 0.2) is 30.6 Å². The summed E-state index contributed by atoms with van der Waals surface area (Å²) in [5.74, 6) is -0.314. The third-order valence-electron chi connectivity index (χ3n) is 2.31. The van der Waals surface area contributed by atoms with E-state index in [1.807, 2.05) is 0 Å². The second-order valence-electron chi connectivity index (χ2n) is 3.93. The molecule has 0 saturated carbocycles. The Morgan fingerprint density at radius 1 is 1.25 bits per heavy atom. The van der Waals surface area contributed by atoms with Gasteiger partial charge in [-0.3, -0.25) is 4.72 Å². The molecule has 1 heterocycles. The third kappa shape index (κ3) is 3.72. The molecule has 1 aromatic carbocycles. The molecule has 9 heteroatoms. The Morgan fingerprint density at radius 2 is 2.00 bits per heavy atom. The summed E-state index contributed by atoms with van der Waals surface area (Å²) in [7, 11) is -3.68. The Morgan fingerprint density at radius 3 is 2.70 bits per heavy atom. The number of aromatic nitrogens is 2. The monoisotopic (exact) mass is 332 g/mol. The molecule has 1 aromatic heterocycles. The van der Waals surface area contributed by atoms with Crippen LogP contribution in [0.4, 0.5) is 11.5 Å². The molecule has 0 fully saturated rings. The molecule has 0 radical (unpaired) electrons. The highest BCUT2D eigenvalue weighted by molar-refractivity contribution is 7.91. The van der Waals surface area contributed by atoms with Crippen molar-refractivity contribution < 1.29 is 8.42 Å². The molecule has 2 rings (SSSR count). The van der Waals surface area contributed by atoms with Gasteiger partial charge < -0.3 is 5.73 Å². The van der Waals surface area contributed by atoms with Gasteiger partial charge in [-0.05, 0) is 17.7 Å². The number of anilines is 2. The predicted octanol–water partition coefficient (Wildman–Crippen LogP) is 2.31. The first-order valence-corrected chi connectivity index (χ1v) is 7.79. The normalized spacial score (nSPS) is 11.3. The van der Waals surface area contributed by atoms with Gasteiger partial charge in [0.2, 0.25) is 10.0 Å². The van der Waals surface area contributed by atoms with Crippen molar-refractivity contribution in [1.82, 2.24) is 9.97 Å². The molecule has 0 aliphatic rings. The molecule has 20 heavy (non-hydrogen) atoms. The maximum absolute atomic E-state index is 12.0. The molecule has 0 aliphatic heterocycles. The lowest BCUT2D eigenvalue weighted by molar-refractivity contribution is 0.600. The van der Waals surface area contributed by atoms with Gasteiger partial charge in [-0.15, -0.1) is 0 Å². The van der Waals surface area contributed by atoms with Crippen molar-refractivity contribution in [3.8, 4) is 0 Å². The summed E-state index contributed by atoms with van der Waals surface area (Å²) >= 11 is 11.5. The Bertz CT molecular complexity index is 737. The number of nitrogen functional groups attached to an aromatic ring is 1. The van der Waals surface area contributed by atoms with Crippen molar-refractivity contribution in [2.45, 2.75) is 5.75 Å². The average molecular weight is 333 g/mol. The molecular formula is C11H10Cl2N4O2S. The number of sulfonamides is 1. The van der Waals surface area contributed by atoms with Crippen LogP contribution in [-0.4, -0.2) is 18.4 Å². The molecule has 0 atom stereocenters. The van der Waals surface area contributed by atoms with Gasteiger partial charge in [0.1, 0.15) is 11.3 Å². The zero-order chi connectivity index (χ0) is 14.8. The Labute approximate surface area is 126 Å². The van der Waals surface area contributed by atoms with E-state index in [4.69, 9.17) is 28.9 Å². The van der Waals surface area contributed by atoms with E-state index in [2.05, 4.69) is 14.7 Å². The third-order valence-corrected chi connectivity index (χ3v) is 4.27. The van der Waals surface area contributed by atoms with Gasteiger partial charge in [0, 0.05) is 5.69 Å². The molecule has 0 unspecified atom stereocenters. The summed E-state index contributed by atoms with van der Waals surface area (Å²) in [5, 5.41) is -0.0753. The summed E-state index contributed by atoms with van der Waals surface area (Å²) in [4.78, 5) is 7.38. The van der Waals surface area contributed by atoms with Gasteiger partial charge in [0.25, 0.3) is 0 Å². The Balaban J connectivity index is 2.21. The van der Waals surface area contributed by atoms with Crippen molar-refractivity contribution in [2.24, 2.45) is 0 Å². The van der Waals surface area contributed by atoms with Crippen LogP contribution in [-0.2, 0) is 15.8 Å². The number of benzene rings is 1. The van der Waals surface area contributed by atoms with E-state index in [0.717, 1.165) is 6.33 Å². The minimum Gasteiger partial charge on any atom is -0.399 e. The fraction of sp³-hybridized carbons (Fsp3) is 0.0909. The van der Waals surface area contributed by atoms with Crippen molar-refractivity contribution >= 4 is 44.7 Å². The summed E-state index contributed by atoms with van der Waals surface area (Å²) in [6.45, 7) is 0. The van der Waals surface area contributed by atoms with Gasteiger partial charge in [-0.25, -0.2) is 18.4 Å². The summed E-state index contributed by atoms with van der Waals surface area (Å²) in [6, 6.07) is 6.58. The molecule has 106 valence electrons. The molecule has 6 nitrogen and oxygen atoms in total. The largest absolute Gasteiger partial charge is 0.399 e. The van der Waals surface area contributed by atoms with Gasteiger partial charge in [-0.1, -0.05) is 35.3 Å². The highest BCUT2D eigenvalue weighted by Crippen LogP contribution is 2.26. The average Bonchev–Trinajstić information content (AvgIpc) is 2.34. The maximum Gasteiger partial charge on any atom is 0.238 e. The van der Waals surface area contributed by atoms with Crippen LogP contribution in [0.2, 0.25) is 10.2 Å². The number of hydrogen-bond donors (Lipinski definition) is 2. The van der Waals surface area contributed by atoms with Crippen LogP contribution < -0.4 is 10.5 Å². The number of hydrogen-bond acceptors (Lipinski definition) is 5. The lowest BCUT2D eigenvalue weighted by Crippen LogP contribution is -2.16. The van der Waals surface area contributed by atoms with Gasteiger partial charge in [0.05, 0.1) is 5.75 Å². The van der Waals surface area contributed by atoms with Crippen molar-refractivity contribution in [2.75, 3.05) is 10.5 Å². The van der Waals surface area contributed by atoms with Gasteiger partial charge >= 0.3 is 0 Å². The minimum absolute atomic E-state index is 0.0247. The van der Waals surface area contributed by atoms with Crippen LogP contribution >= 0.6 is 23.2 Å². The van der Waals surface area contributed by atoms with Crippen molar-refractivity contribution in [3.05, 3.63) is 46.3 Å². The summed E-state index contributed by atoms with van der Waals surface area (Å²) in [6.07, 6.45) is 1.12. The molecule has 0 saturated heterocycles. The fourth-order valence-electron chi connectivity index (χ4n) is 1.51. The SMILES string of the molecule is Nc1cccc(CS(=O)(=O)Nc2ncnc(Cl)c2Cl)c1. The summed E-state index contributed by atoms with van der Waals surface area (Å²) < 4.78 is 26.3. The quantitative estimate of drug-likeness (QED) is 0.661. The Hall–Kier alpha value is -1.57. The highest BCUT2D eigenvalue weighted by atomic mass is 35.5. The number of nitrogens with two attached hydrogens (primary N) is 1. The highest BCUT2D eigenvalue weighted by Gasteiger charge is 2.16. The second-order valence-corrected chi connectivity index (χ2v) is 6.39. The van der Waals surface area contributed by atoms with Crippen LogP contribution in [0.5, 0.6) is 0 Å². The maximum atomic E-state index is 12.0. The number of halogens is 2. The fourth-order valence-corrected chi connectivity index (χ4v) is 2.98. The van der Waals surface area contributed by atoms with E-state index in [-0.39, 0.29) is 21.7 Å². The smallest absolute Gasteiger partial charge is 0.238 e. The number of nitrogens with one attached hydrogen (secondary N) is 1. The zero-order valence-corrected chi connectivity index (χ0v) is 12.4. The lowest BCUT2D eigenvalue weighted by Gasteiger charge is -2.09. The van der Waals surface area contributed by atoms with Gasteiger partial charge in [0.15, 0.2) is 11.0 Å². The van der Waals surface area contributed by atoms with E-state index >= 15 is 0 Å². The minimum atomic E-state index is -3.68. The predicted molar refractivity (Wildman–Crippen MR) is 79.2 cm³/mol. The van der Waals surface area contributed by atoms with Crippen LogP contribution in [0, 0.1) is 0 Å². The van der Waals surface area contributed by atoms with E-state index < -0.39 is 10.0 Å². The topological polar surface area (TPSA) is 98.0 Å². The molecule has 0 bridgehead atoms. The van der Waals surface area contributed by atoms with E-state index in [1.165, 1.54) is 0 Å². The zero-order valence-electron chi connectivity index (χ0n) is 10.0. The van der Waals surface area contributed by atoms with Crippen LogP contribution in [0.25, 0.3) is 0 Å². The number of rotatable bonds is 4. The molecule has 0 aliphatic carbocycles. The van der Waals surface area contributed by atoms with E-state index in [0.29, 0.717) is 11.3 Å². The first kappa shape index (κ1) is 14.8. The van der Waals surface area contributed by atoms with Crippen molar-refractivity contribution in [1.29, 1.82) is 0 Å². The second kappa shape index (κ2) is 5.82. The molecule has 2 aromatic rings. The first-order valence-electron chi connectivity index (χ1n) is 5.38. The Kier molecular flexibility index (Phi) is 4.32. The lowest BCUT2D eigenvalue weighted by atomic mass is 10.2. The molecule has 0 spiro atoms. The van der Waals surface area contributed by atoms with E-state index in [9.17, 15) is 8.42 Å². The standard InChI is InChI=1S/C11H10Cl2N4O2S/c12-9-10(13)15-6-16-11(9)17-20(18,19)5-7-2-1-3-8(14)4-7/h1-4,6H,5,14H2,(H,15,16,17).